The predicted molar refractivity (Wildman–Crippen MR) is 153 cm³/mol. The molecular weight excluding hydrogens is 552 g/mol. The number of thiophene rings is 1. The number of carbonyl (C=O) groups excluding carboxylic acids is 2. The second kappa shape index (κ2) is 11.3. The van der Waals surface area contributed by atoms with E-state index in [1.54, 1.807) is 26.4 Å². The van der Waals surface area contributed by atoms with E-state index in [0.29, 0.717) is 33.7 Å². The molecule has 0 bridgehead atoms. The van der Waals surface area contributed by atoms with E-state index in [1.165, 1.54) is 16.2 Å². The first-order valence-electron chi connectivity index (χ1n) is 12.3. The molecule has 1 unspecified atom stereocenters. The highest BCUT2D eigenvalue weighted by atomic mass is 79.9. The van der Waals surface area contributed by atoms with Crippen molar-refractivity contribution in [1.29, 1.82) is 0 Å². The maximum absolute atomic E-state index is 13.6. The van der Waals surface area contributed by atoms with Crippen molar-refractivity contribution in [1.82, 2.24) is 0 Å². The van der Waals surface area contributed by atoms with Gasteiger partial charge in [0.2, 0.25) is 5.91 Å². The lowest BCUT2D eigenvalue weighted by Crippen LogP contribution is -2.27. The number of halogens is 1. The van der Waals surface area contributed by atoms with Crippen LogP contribution in [0, 0.1) is 11.3 Å². The van der Waals surface area contributed by atoms with Crippen LogP contribution in [0.15, 0.2) is 46.9 Å². The SMILES string of the molecule is COc1ccc(CC(=O)Nc2sc3c(c2C(=O)Nc2ccccc2Br)CCC(C(C)(C)C)C3)cc1OC. The lowest BCUT2D eigenvalue weighted by molar-refractivity contribution is -0.115. The van der Waals surface area contributed by atoms with Crippen molar-refractivity contribution in [2.45, 2.75) is 46.5 Å². The Balaban J connectivity index is 1.62. The first kappa shape index (κ1) is 27.2. The van der Waals surface area contributed by atoms with E-state index in [1.807, 2.05) is 30.3 Å². The Hall–Kier alpha value is -2.84. The van der Waals surface area contributed by atoms with Crippen LogP contribution >= 0.6 is 27.3 Å². The Morgan fingerprint density at radius 3 is 2.46 bits per heavy atom. The van der Waals surface area contributed by atoms with Crippen LogP contribution in [-0.4, -0.2) is 26.0 Å². The Kier molecular flexibility index (Phi) is 8.29. The van der Waals surface area contributed by atoms with Crippen LogP contribution in [0.5, 0.6) is 11.5 Å². The van der Waals surface area contributed by atoms with E-state index in [4.69, 9.17) is 9.47 Å². The molecule has 6 nitrogen and oxygen atoms in total. The van der Waals surface area contributed by atoms with Gasteiger partial charge in [-0.15, -0.1) is 11.3 Å². The number of carbonyl (C=O) groups is 2. The van der Waals surface area contributed by atoms with E-state index >= 15 is 0 Å². The van der Waals surface area contributed by atoms with Crippen molar-refractivity contribution >= 4 is 49.8 Å². The van der Waals surface area contributed by atoms with Gasteiger partial charge in [-0.05, 0) is 81.9 Å². The summed E-state index contributed by atoms with van der Waals surface area (Å²) in [6.07, 6.45) is 2.89. The standard InChI is InChI=1S/C29H33BrN2O4S/c1-29(2,3)18-11-12-19-24(16-18)37-28(26(19)27(34)31-21-9-7-6-8-20(21)30)32-25(33)15-17-10-13-22(35-4)23(14-17)36-5/h6-10,13-14,18H,11-12,15-16H2,1-5H3,(H,31,34)(H,32,33). The van der Waals surface area contributed by atoms with Gasteiger partial charge in [-0.3, -0.25) is 9.59 Å². The highest BCUT2D eigenvalue weighted by Crippen LogP contribution is 2.44. The number of rotatable bonds is 7. The Morgan fingerprint density at radius 2 is 1.78 bits per heavy atom. The topological polar surface area (TPSA) is 76.7 Å². The van der Waals surface area contributed by atoms with Crippen LogP contribution in [0.3, 0.4) is 0 Å². The van der Waals surface area contributed by atoms with E-state index in [0.717, 1.165) is 34.9 Å². The molecule has 1 aliphatic rings. The number of fused-ring (bicyclic) bond motifs is 1. The molecule has 0 saturated carbocycles. The zero-order valence-corrected chi connectivity index (χ0v) is 24.3. The van der Waals surface area contributed by atoms with Gasteiger partial charge in [0.25, 0.3) is 5.91 Å². The maximum atomic E-state index is 13.6. The molecule has 1 atom stereocenters. The molecule has 2 N–H and O–H groups in total. The van der Waals surface area contributed by atoms with Gasteiger partial charge in [-0.1, -0.05) is 39.0 Å². The average molecular weight is 586 g/mol. The summed E-state index contributed by atoms with van der Waals surface area (Å²) in [5.74, 6) is 1.31. The van der Waals surface area contributed by atoms with Crippen LogP contribution in [0.2, 0.25) is 0 Å². The Labute approximate surface area is 230 Å². The summed E-state index contributed by atoms with van der Waals surface area (Å²) in [6, 6.07) is 12.9. The zero-order chi connectivity index (χ0) is 26.7. The molecule has 1 heterocycles. The lowest BCUT2D eigenvalue weighted by atomic mass is 9.72. The zero-order valence-electron chi connectivity index (χ0n) is 21.9. The molecule has 3 aromatic rings. The number of para-hydroxylation sites is 1. The Morgan fingerprint density at radius 1 is 1.05 bits per heavy atom. The molecule has 0 fully saturated rings. The molecule has 0 saturated heterocycles. The number of amides is 2. The molecule has 196 valence electrons. The summed E-state index contributed by atoms with van der Waals surface area (Å²) >= 11 is 5.04. The number of hydrogen-bond donors (Lipinski definition) is 2. The van der Waals surface area contributed by atoms with Crippen LogP contribution in [0.25, 0.3) is 0 Å². The molecule has 8 heteroatoms. The third-order valence-electron chi connectivity index (χ3n) is 6.90. The van der Waals surface area contributed by atoms with Crippen molar-refractivity contribution < 1.29 is 19.1 Å². The number of hydrogen-bond acceptors (Lipinski definition) is 5. The second-order valence-electron chi connectivity index (χ2n) is 10.4. The highest BCUT2D eigenvalue weighted by molar-refractivity contribution is 9.10. The normalized spacial score (nSPS) is 15.0. The fraction of sp³-hybridized carbons (Fsp3) is 0.379. The molecule has 0 aliphatic heterocycles. The minimum atomic E-state index is -0.208. The first-order valence-corrected chi connectivity index (χ1v) is 13.9. The summed E-state index contributed by atoms with van der Waals surface area (Å²) in [7, 11) is 3.15. The van der Waals surface area contributed by atoms with Crippen molar-refractivity contribution in [2.24, 2.45) is 11.3 Å². The van der Waals surface area contributed by atoms with Crippen molar-refractivity contribution in [2.75, 3.05) is 24.9 Å². The lowest BCUT2D eigenvalue weighted by Gasteiger charge is -2.33. The summed E-state index contributed by atoms with van der Waals surface area (Å²) in [5.41, 5.74) is 3.29. The fourth-order valence-electron chi connectivity index (χ4n) is 4.75. The third kappa shape index (κ3) is 6.18. The smallest absolute Gasteiger partial charge is 0.258 e. The van der Waals surface area contributed by atoms with Crippen LogP contribution in [0.4, 0.5) is 10.7 Å². The summed E-state index contributed by atoms with van der Waals surface area (Å²) in [5, 5.41) is 6.69. The van der Waals surface area contributed by atoms with Crippen molar-refractivity contribution in [3.8, 4) is 11.5 Å². The van der Waals surface area contributed by atoms with Gasteiger partial charge in [0.05, 0.1) is 31.9 Å². The fourth-order valence-corrected chi connectivity index (χ4v) is 6.47. The van der Waals surface area contributed by atoms with Crippen molar-refractivity contribution in [3.63, 3.8) is 0 Å². The summed E-state index contributed by atoms with van der Waals surface area (Å²) in [6.45, 7) is 6.80. The molecule has 0 spiro atoms. The van der Waals surface area contributed by atoms with E-state index in [2.05, 4.69) is 47.3 Å². The Bertz CT molecular complexity index is 1310. The van der Waals surface area contributed by atoms with Gasteiger partial charge < -0.3 is 20.1 Å². The van der Waals surface area contributed by atoms with Gasteiger partial charge in [-0.25, -0.2) is 0 Å². The van der Waals surface area contributed by atoms with Crippen LogP contribution in [-0.2, 0) is 24.1 Å². The summed E-state index contributed by atoms with van der Waals surface area (Å²) in [4.78, 5) is 27.9. The van der Waals surface area contributed by atoms with Gasteiger partial charge >= 0.3 is 0 Å². The largest absolute Gasteiger partial charge is 0.493 e. The monoisotopic (exact) mass is 584 g/mol. The quantitative estimate of drug-likeness (QED) is 0.310. The second-order valence-corrected chi connectivity index (χ2v) is 12.3. The molecule has 0 radical (unpaired) electrons. The number of nitrogens with one attached hydrogen (secondary N) is 2. The predicted octanol–water partition coefficient (Wildman–Crippen LogP) is 7.11. The maximum Gasteiger partial charge on any atom is 0.258 e. The molecule has 37 heavy (non-hydrogen) atoms. The molecule has 1 aliphatic carbocycles. The average Bonchev–Trinajstić information content (AvgIpc) is 3.21. The van der Waals surface area contributed by atoms with E-state index in [-0.39, 0.29) is 23.7 Å². The molecule has 1 aromatic heterocycles. The van der Waals surface area contributed by atoms with E-state index < -0.39 is 0 Å². The summed E-state index contributed by atoms with van der Waals surface area (Å²) < 4.78 is 11.5. The minimum Gasteiger partial charge on any atom is -0.493 e. The van der Waals surface area contributed by atoms with Gasteiger partial charge in [0.15, 0.2) is 11.5 Å². The van der Waals surface area contributed by atoms with E-state index in [9.17, 15) is 9.59 Å². The van der Waals surface area contributed by atoms with Crippen LogP contribution < -0.4 is 20.1 Å². The number of anilines is 2. The number of methoxy groups -OCH3 is 2. The number of benzene rings is 2. The molecular formula is C29H33BrN2O4S. The van der Waals surface area contributed by atoms with Gasteiger partial charge in [0, 0.05) is 9.35 Å². The van der Waals surface area contributed by atoms with Crippen LogP contribution in [0.1, 0.15) is 53.6 Å². The van der Waals surface area contributed by atoms with Crippen molar-refractivity contribution in [3.05, 3.63) is 68.5 Å². The number of ether oxygens (including phenoxy) is 2. The molecule has 2 aromatic carbocycles. The third-order valence-corrected chi connectivity index (χ3v) is 8.77. The van der Waals surface area contributed by atoms with Gasteiger partial charge in [0.1, 0.15) is 5.00 Å². The van der Waals surface area contributed by atoms with Gasteiger partial charge in [-0.2, -0.15) is 0 Å². The molecule has 4 rings (SSSR count). The first-order chi connectivity index (χ1) is 17.6. The highest BCUT2D eigenvalue weighted by Gasteiger charge is 2.34. The minimum absolute atomic E-state index is 0.152. The molecule has 2 amide bonds.